The minimum atomic E-state index is -0.543. The van der Waals surface area contributed by atoms with Crippen LogP contribution >= 0.6 is 15.9 Å². The number of hydrogen-bond acceptors (Lipinski definition) is 2. The number of likely N-dealkylation sites (tertiary alicyclic amines) is 1. The second-order valence-electron chi connectivity index (χ2n) is 4.88. The molecule has 20 heavy (non-hydrogen) atoms. The summed E-state index contributed by atoms with van der Waals surface area (Å²) >= 11 is 3.15. The molecule has 1 fully saturated rings. The molecule has 0 saturated carbocycles. The molecule has 0 spiro atoms. The van der Waals surface area contributed by atoms with E-state index in [1.807, 2.05) is 0 Å². The Hall–Kier alpha value is -1.43. The van der Waals surface area contributed by atoms with E-state index in [1.54, 1.807) is 11.0 Å². The Morgan fingerprint density at radius 2 is 2.00 bits per heavy atom. The third-order valence-corrected chi connectivity index (χ3v) is 3.94. The molecule has 1 saturated heterocycles. The van der Waals surface area contributed by atoms with Gasteiger partial charge in [0.05, 0.1) is 5.56 Å². The first-order valence-electron chi connectivity index (χ1n) is 6.49. The summed E-state index contributed by atoms with van der Waals surface area (Å²) < 4.78 is 14.3. The van der Waals surface area contributed by atoms with Crippen LogP contribution in [0.25, 0.3) is 0 Å². The highest BCUT2D eigenvalue weighted by Crippen LogP contribution is 2.16. The molecule has 1 N–H and O–H groups in total. The average Bonchev–Trinajstić information content (AvgIpc) is 2.39. The Kier molecular flexibility index (Phi) is 4.75. The summed E-state index contributed by atoms with van der Waals surface area (Å²) in [6.45, 7) is 2.79. The standard InChI is InChI=1S/C14H16BrFN2O2/c1-9(19)18-6-4-11(5-7-18)17-14(20)12-3-2-10(15)8-13(12)16/h2-3,8,11H,4-7H2,1H3,(H,17,20). The SMILES string of the molecule is CC(=O)N1CCC(NC(=O)c2ccc(Br)cc2F)CC1. The van der Waals surface area contributed by atoms with Crippen LogP contribution in [0.3, 0.4) is 0 Å². The van der Waals surface area contributed by atoms with Crippen molar-refractivity contribution in [3.63, 3.8) is 0 Å². The summed E-state index contributed by atoms with van der Waals surface area (Å²) in [5.74, 6) is -0.900. The quantitative estimate of drug-likeness (QED) is 0.896. The van der Waals surface area contributed by atoms with Crippen molar-refractivity contribution in [1.82, 2.24) is 10.2 Å². The number of halogens is 2. The van der Waals surface area contributed by atoms with Crippen LogP contribution in [0.4, 0.5) is 4.39 Å². The average molecular weight is 343 g/mol. The molecule has 0 unspecified atom stereocenters. The van der Waals surface area contributed by atoms with Gasteiger partial charge in [0.15, 0.2) is 0 Å². The number of amides is 2. The maximum Gasteiger partial charge on any atom is 0.254 e. The molecule has 0 aliphatic carbocycles. The molecule has 2 amide bonds. The lowest BCUT2D eigenvalue weighted by atomic mass is 10.0. The zero-order chi connectivity index (χ0) is 14.7. The number of hydrogen-bond donors (Lipinski definition) is 1. The first kappa shape index (κ1) is 15.0. The molecular formula is C14H16BrFN2O2. The Morgan fingerprint density at radius 3 is 2.55 bits per heavy atom. The van der Waals surface area contributed by atoms with E-state index in [0.717, 1.165) is 0 Å². The van der Waals surface area contributed by atoms with Crippen molar-refractivity contribution < 1.29 is 14.0 Å². The molecule has 4 nitrogen and oxygen atoms in total. The molecule has 0 atom stereocenters. The lowest BCUT2D eigenvalue weighted by molar-refractivity contribution is -0.129. The predicted molar refractivity (Wildman–Crippen MR) is 76.8 cm³/mol. The van der Waals surface area contributed by atoms with Crippen molar-refractivity contribution in [3.8, 4) is 0 Å². The Labute approximate surface area is 125 Å². The van der Waals surface area contributed by atoms with Gasteiger partial charge >= 0.3 is 0 Å². The van der Waals surface area contributed by atoms with Gasteiger partial charge in [-0.2, -0.15) is 0 Å². The summed E-state index contributed by atoms with van der Waals surface area (Å²) in [7, 11) is 0. The molecule has 2 rings (SSSR count). The van der Waals surface area contributed by atoms with E-state index in [1.165, 1.54) is 19.1 Å². The van der Waals surface area contributed by atoms with E-state index in [2.05, 4.69) is 21.2 Å². The lowest BCUT2D eigenvalue weighted by Crippen LogP contribution is -2.46. The minimum absolute atomic E-state index is 0.0128. The van der Waals surface area contributed by atoms with E-state index in [0.29, 0.717) is 30.4 Å². The Balaban J connectivity index is 1.94. The third kappa shape index (κ3) is 3.56. The van der Waals surface area contributed by atoms with Crippen molar-refractivity contribution in [2.75, 3.05) is 13.1 Å². The first-order valence-corrected chi connectivity index (χ1v) is 7.28. The molecule has 108 valence electrons. The summed E-state index contributed by atoms with van der Waals surface area (Å²) in [5, 5.41) is 2.82. The second kappa shape index (κ2) is 6.35. The number of piperidine rings is 1. The van der Waals surface area contributed by atoms with Crippen molar-refractivity contribution in [1.29, 1.82) is 0 Å². The van der Waals surface area contributed by atoms with Gasteiger partial charge in [-0.05, 0) is 31.0 Å². The van der Waals surface area contributed by atoms with Crippen LogP contribution in [0.2, 0.25) is 0 Å². The number of carbonyl (C=O) groups excluding carboxylic acids is 2. The zero-order valence-corrected chi connectivity index (χ0v) is 12.7. The largest absolute Gasteiger partial charge is 0.349 e. The van der Waals surface area contributed by atoms with Crippen molar-refractivity contribution in [2.24, 2.45) is 0 Å². The molecule has 0 radical (unpaired) electrons. The van der Waals surface area contributed by atoms with Gasteiger partial charge in [0.1, 0.15) is 5.82 Å². The molecule has 1 aliphatic rings. The van der Waals surface area contributed by atoms with Crippen LogP contribution in [0.5, 0.6) is 0 Å². The monoisotopic (exact) mass is 342 g/mol. The molecule has 0 bridgehead atoms. The van der Waals surface area contributed by atoms with Gasteiger partial charge in [-0.25, -0.2) is 4.39 Å². The topological polar surface area (TPSA) is 49.4 Å². The van der Waals surface area contributed by atoms with E-state index in [4.69, 9.17) is 0 Å². The van der Waals surface area contributed by atoms with Crippen LogP contribution in [0.15, 0.2) is 22.7 Å². The summed E-state index contributed by atoms with van der Waals surface area (Å²) in [4.78, 5) is 25.0. The molecule has 1 aromatic rings. The molecule has 6 heteroatoms. The number of rotatable bonds is 2. The molecule has 0 aromatic heterocycles. The normalized spacial score (nSPS) is 16.1. The van der Waals surface area contributed by atoms with Gasteiger partial charge in [0.2, 0.25) is 5.91 Å². The number of nitrogens with one attached hydrogen (secondary N) is 1. The van der Waals surface area contributed by atoms with Crippen molar-refractivity contribution >= 4 is 27.7 Å². The van der Waals surface area contributed by atoms with Gasteiger partial charge in [0.25, 0.3) is 5.91 Å². The maximum atomic E-state index is 13.7. The maximum absolute atomic E-state index is 13.7. The molecule has 1 aromatic carbocycles. The van der Waals surface area contributed by atoms with Gasteiger partial charge in [-0.3, -0.25) is 9.59 Å². The third-order valence-electron chi connectivity index (χ3n) is 3.45. The van der Waals surface area contributed by atoms with E-state index >= 15 is 0 Å². The molecule has 1 aliphatic heterocycles. The van der Waals surface area contributed by atoms with Gasteiger partial charge in [-0.15, -0.1) is 0 Å². The van der Waals surface area contributed by atoms with Crippen LogP contribution in [-0.4, -0.2) is 35.8 Å². The number of benzene rings is 1. The Morgan fingerprint density at radius 1 is 1.35 bits per heavy atom. The molecule has 1 heterocycles. The van der Waals surface area contributed by atoms with Gasteiger partial charge in [0, 0.05) is 30.5 Å². The molecular weight excluding hydrogens is 327 g/mol. The lowest BCUT2D eigenvalue weighted by Gasteiger charge is -2.31. The smallest absolute Gasteiger partial charge is 0.254 e. The van der Waals surface area contributed by atoms with Gasteiger partial charge < -0.3 is 10.2 Å². The fraction of sp³-hybridized carbons (Fsp3) is 0.429. The highest BCUT2D eigenvalue weighted by atomic mass is 79.9. The second-order valence-corrected chi connectivity index (χ2v) is 5.79. The Bertz CT molecular complexity index is 528. The number of carbonyl (C=O) groups is 2. The summed E-state index contributed by atoms with van der Waals surface area (Å²) in [6.07, 6.45) is 1.40. The van der Waals surface area contributed by atoms with Crippen LogP contribution in [0, 0.1) is 5.82 Å². The van der Waals surface area contributed by atoms with E-state index in [9.17, 15) is 14.0 Å². The predicted octanol–water partition coefficient (Wildman–Crippen LogP) is 2.33. The van der Waals surface area contributed by atoms with E-state index < -0.39 is 11.7 Å². The highest BCUT2D eigenvalue weighted by molar-refractivity contribution is 9.10. The first-order chi connectivity index (χ1) is 9.47. The van der Waals surface area contributed by atoms with Crippen LogP contribution in [0.1, 0.15) is 30.1 Å². The van der Waals surface area contributed by atoms with E-state index in [-0.39, 0.29) is 17.5 Å². The van der Waals surface area contributed by atoms with Crippen molar-refractivity contribution in [3.05, 3.63) is 34.1 Å². The van der Waals surface area contributed by atoms with Crippen LogP contribution < -0.4 is 5.32 Å². The fourth-order valence-corrected chi connectivity index (χ4v) is 2.61. The summed E-state index contributed by atoms with van der Waals surface area (Å²) in [5.41, 5.74) is 0.0437. The highest BCUT2D eigenvalue weighted by Gasteiger charge is 2.23. The van der Waals surface area contributed by atoms with Crippen LogP contribution in [-0.2, 0) is 4.79 Å². The van der Waals surface area contributed by atoms with Crippen molar-refractivity contribution in [2.45, 2.75) is 25.8 Å². The zero-order valence-electron chi connectivity index (χ0n) is 11.2. The minimum Gasteiger partial charge on any atom is -0.349 e. The number of nitrogens with zero attached hydrogens (tertiary/aromatic N) is 1. The summed E-state index contributed by atoms with van der Waals surface area (Å²) in [6, 6.07) is 4.35. The van der Waals surface area contributed by atoms with Gasteiger partial charge in [-0.1, -0.05) is 15.9 Å². The fourth-order valence-electron chi connectivity index (χ4n) is 2.28.